The summed E-state index contributed by atoms with van der Waals surface area (Å²) in [6.07, 6.45) is 3.85. The molecule has 3 rings (SSSR count). The van der Waals surface area contributed by atoms with E-state index in [0.717, 1.165) is 37.1 Å². The van der Waals surface area contributed by atoms with Crippen molar-refractivity contribution in [3.05, 3.63) is 53.9 Å². The first-order chi connectivity index (χ1) is 12.1. The molecule has 1 saturated heterocycles. The van der Waals surface area contributed by atoms with Crippen molar-refractivity contribution in [2.45, 2.75) is 25.5 Å². The van der Waals surface area contributed by atoms with Crippen molar-refractivity contribution in [2.75, 3.05) is 27.2 Å². The lowest BCUT2D eigenvalue weighted by Crippen LogP contribution is -2.32. The van der Waals surface area contributed by atoms with Gasteiger partial charge in [0.15, 0.2) is 0 Å². The van der Waals surface area contributed by atoms with Crippen molar-refractivity contribution in [2.24, 2.45) is 0 Å². The van der Waals surface area contributed by atoms with Crippen LogP contribution in [0.4, 0.5) is 0 Å². The Balaban J connectivity index is 1.79. The van der Waals surface area contributed by atoms with E-state index in [0.29, 0.717) is 12.2 Å². The normalized spacial score (nSPS) is 17.0. The van der Waals surface area contributed by atoms with Crippen LogP contribution in [0.1, 0.15) is 28.9 Å². The van der Waals surface area contributed by atoms with E-state index in [1.165, 1.54) is 5.56 Å². The molecule has 1 aromatic carbocycles. The molecule has 0 spiro atoms. The quantitative estimate of drug-likeness (QED) is 0.879. The van der Waals surface area contributed by atoms with Crippen molar-refractivity contribution in [3.63, 3.8) is 0 Å². The van der Waals surface area contributed by atoms with E-state index in [1.54, 1.807) is 6.20 Å². The summed E-state index contributed by atoms with van der Waals surface area (Å²) in [4.78, 5) is 19.1. The van der Waals surface area contributed by atoms with Crippen molar-refractivity contribution >= 4 is 5.91 Å². The first kappa shape index (κ1) is 17.6. The van der Waals surface area contributed by atoms with Gasteiger partial charge >= 0.3 is 0 Å². The van der Waals surface area contributed by atoms with Gasteiger partial charge in [-0.25, -0.2) is 0 Å². The van der Waals surface area contributed by atoms with Gasteiger partial charge in [0.2, 0.25) is 0 Å². The average Bonchev–Trinajstić information content (AvgIpc) is 3.13. The van der Waals surface area contributed by atoms with Crippen LogP contribution < -0.4 is 5.32 Å². The standard InChI is InChI=1S/C20H25N3O2/c1-23(2)14-15-6-3-7-16(12-15)18-9-4-10-21-19(18)20(24)22-13-17-8-5-11-25-17/h3-4,6-7,9-10,12,17H,5,8,11,13-14H2,1-2H3,(H,22,24). The Labute approximate surface area is 149 Å². The first-order valence-electron chi connectivity index (χ1n) is 8.72. The minimum absolute atomic E-state index is 0.125. The lowest BCUT2D eigenvalue weighted by atomic mass is 10.0. The molecule has 1 amide bonds. The summed E-state index contributed by atoms with van der Waals surface area (Å²) in [6, 6.07) is 12.1. The van der Waals surface area contributed by atoms with Crippen LogP contribution in [-0.4, -0.2) is 49.1 Å². The number of carbonyl (C=O) groups excluding carboxylic acids is 1. The Morgan fingerprint density at radius 3 is 2.96 bits per heavy atom. The predicted molar refractivity (Wildman–Crippen MR) is 98.4 cm³/mol. The summed E-state index contributed by atoms with van der Waals surface area (Å²) in [5.41, 5.74) is 3.53. The number of ether oxygens (including phenoxy) is 1. The molecule has 2 heterocycles. The third-order valence-corrected chi connectivity index (χ3v) is 4.27. The van der Waals surface area contributed by atoms with Crippen LogP contribution >= 0.6 is 0 Å². The van der Waals surface area contributed by atoms with E-state index in [4.69, 9.17) is 4.74 Å². The van der Waals surface area contributed by atoms with Crippen LogP contribution in [0.5, 0.6) is 0 Å². The molecule has 5 nitrogen and oxygen atoms in total. The second kappa shape index (κ2) is 8.23. The van der Waals surface area contributed by atoms with E-state index >= 15 is 0 Å². The van der Waals surface area contributed by atoms with Gasteiger partial charge in [0.05, 0.1) is 6.10 Å². The number of pyridine rings is 1. The van der Waals surface area contributed by atoms with Gasteiger partial charge in [-0.05, 0) is 50.2 Å². The molecule has 1 aliphatic rings. The van der Waals surface area contributed by atoms with Crippen LogP contribution in [-0.2, 0) is 11.3 Å². The highest BCUT2D eigenvalue weighted by Gasteiger charge is 2.19. The Morgan fingerprint density at radius 1 is 1.32 bits per heavy atom. The molecule has 0 radical (unpaired) electrons. The number of hydrogen-bond acceptors (Lipinski definition) is 4. The largest absolute Gasteiger partial charge is 0.376 e. The summed E-state index contributed by atoms with van der Waals surface area (Å²) < 4.78 is 5.57. The summed E-state index contributed by atoms with van der Waals surface area (Å²) in [5, 5.41) is 2.96. The number of nitrogens with zero attached hydrogens (tertiary/aromatic N) is 2. The topological polar surface area (TPSA) is 54.5 Å². The Bertz CT molecular complexity index is 724. The molecule has 1 atom stereocenters. The first-order valence-corrected chi connectivity index (χ1v) is 8.72. The van der Waals surface area contributed by atoms with Crippen LogP contribution in [0.25, 0.3) is 11.1 Å². The second-order valence-electron chi connectivity index (χ2n) is 6.68. The van der Waals surface area contributed by atoms with E-state index in [2.05, 4.69) is 27.3 Å². The van der Waals surface area contributed by atoms with Gasteiger partial charge in [-0.15, -0.1) is 0 Å². The van der Waals surface area contributed by atoms with Gasteiger partial charge in [-0.3, -0.25) is 9.78 Å². The molecule has 0 aliphatic carbocycles. The monoisotopic (exact) mass is 339 g/mol. The zero-order valence-electron chi connectivity index (χ0n) is 14.9. The maximum absolute atomic E-state index is 12.6. The van der Waals surface area contributed by atoms with Crippen molar-refractivity contribution in [1.82, 2.24) is 15.2 Å². The van der Waals surface area contributed by atoms with Gasteiger partial charge < -0.3 is 15.0 Å². The summed E-state index contributed by atoms with van der Waals surface area (Å²) in [7, 11) is 4.08. The van der Waals surface area contributed by atoms with Crippen LogP contribution in [0.15, 0.2) is 42.6 Å². The predicted octanol–water partition coefficient (Wildman–Crippen LogP) is 2.72. The van der Waals surface area contributed by atoms with Gasteiger partial charge in [-0.1, -0.05) is 24.3 Å². The van der Waals surface area contributed by atoms with Gasteiger partial charge in [0, 0.05) is 31.5 Å². The van der Waals surface area contributed by atoms with Crippen molar-refractivity contribution in [3.8, 4) is 11.1 Å². The molecule has 2 aromatic rings. The highest BCUT2D eigenvalue weighted by molar-refractivity contribution is 5.98. The molecule has 25 heavy (non-hydrogen) atoms. The lowest BCUT2D eigenvalue weighted by Gasteiger charge is -2.14. The zero-order valence-corrected chi connectivity index (χ0v) is 14.9. The fourth-order valence-corrected chi connectivity index (χ4v) is 3.12. The Kier molecular flexibility index (Phi) is 5.79. The third-order valence-electron chi connectivity index (χ3n) is 4.27. The van der Waals surface area contributed by atoms with Crippen molar-refractivity contribution < 1.29 is 9.53 Å². The number of rotatable bonds is 6. The summed E-state index contributed by atoms with van der Waals surface area (Å²) >= 11 is 0. The average molecular weight is 339 g/mol. The molecular weight excluding hydrogens is 314 g/mol. The molecule has 1 unspecified atom stereocenters. The molecule has 1 fully saturated rings. The van der Waals surface area contributed by atoms with Crippen LogP contribution in [0.2, 0.25) is 0 Å². The van der Waals surface area contributed by atoms with E-state index < -0.39 is 0 Å². The number of amides is 1. The smallest absolute Gasteiger partial charge is 0.270 e. The number of benzene rings is 1. The minimum atomic E-state index is -0.149. The minimum Gasteiger partial charge on any atom is -0.376 e. The van der Waals surface area contributed by atoms with E-state index in [1.807, 2.05) is 38.4 Å². The molecule has 5 heteroatoms. The molecule has 0 saturated carbocycles. The van der Waals surface area contributed by atoms with E-state index in [9.17, 15) is 4.79 Å². The number of nitrogens with one attached hydrogen (secondary N) is 1. The Morgan fingerprint density at radius 2 is 2.20 bits per heavy atom. The highest BCUT2D eigenvalue weighted by atomic mass is 16.5. The van der Waals surface area contributed by atoms with Gasteiger partial charge in [0.1, 0.15) is 5.69 Å². The SMILES string of the molecule is CN(C)Cc1cccc(-c2cccnc2C(=O)NCC2CCCO2)c1. The maximum Gasteiger partial charge on any atom is 0.270 e. The summed E-state index contributed by atoms with van der Waals surface area (Å²) in [6.45, 7) is 2.18. The summed E-state index contributed by atoms with van der Waals surface area (Å²) in [5.74, 6) is -0.149. The highest BCUT2D eigenvalue weighted by Crippen LogP contribution is 2.24. The maximum atomic E-state index is 12.6. The van der Waals surface area contributed by atoms with Crippen LogP contribution in [0, 0.1) is 0 Å². The van der Waals surface area contributed by atoms with E-state index in [-0.39, 0.29) is 12.0 Å². The van der Waals surface area contributed by atoms with Crippen LogP contribution in [0.3, 0.4) is 0 Å². The number of aromatic nitrogens is 1. The Hall–Kier alpha value is -2.24. The van der Waals surface area contributed by atoms with Gasteiger partial charge in [0.25, 0.3) is 5.91 Å². The third kappa shape index (κ3) is 4.65. The molecule has 0 bridgehead atoms. The number of hydrogen-bond donors (Lipinski definition) is 1. The second-order valence-corrected chi connectivity index (χ2v) is 6.68. The fourth-order valence-electron chi connectivity index (χ4n) is 3.12. The molecule has 1 aromatic heterocycles. The number of carbonyl (C=O) groups is 1. The fraction of sp³-hybridized carbons (Fsp3) is 0.400. The molecule has 1 N–H and O–H groups in total. The lowest BCUT2D eigenvalue weighted by molar-refractivity contribution is 0.0854. The molecule has 132 valence electrons. The van der Waals surface area contributed by atoms with Gasteiger partial charge in [-0.2, -0.15) is 0 Å². The molecular formula is C20H25N3O2. The molecule has 1 aliphatic heterocycles. The zero-order chi connectivity index (χ0) is 17.6. The van der Waals surface area contributed by atoms with Crippen molar-refractivity contribution in [1.29, 1.82) is 0 Å².